The van der Waals surface area contributed by atoms with Gasteiger partial charge in [-0.3, -0.25) is 4.79 Å². The molecule has 0 unspecified atom stereocenters. The Morgan fingerprint density at radius 3 is 2.63 bits per heavy atom. The molecule has 7 nitrogen and oxygen atoms in total. The second-order valence-corrected chi connectivity index (χ2v) is 6.81. The number of halogens is 1. The first kappa shape index (κ1) is 17.5. The topological polar surface area (TPSA) is 75.9 Å². The monoisotopic (exact) mass is 382 g/mol. The van der Waals surface area contributed by atoms with E-state index in [1.165, 1.54) is 23.9 Å². The van der Waals surface area contributed by atoms with Crippen molar-refractivity contribution in [2.24, 2.45) is 0 Å². The van der Waals surface area contributed by atoms with Gasteiger partial charge in [0.15, 0.2) is 5.69 Å². The third kappa shape index (κ3) is 3.93. The van der Waals surface area contributed by atoms with E-state index in [0.29, 0.717) is 16.4 Å². The summed E-state index contributed by atoms with van der Waals surface area (Å²) < 4.78 is 1.48. The van der Waals surface area contributed by atoms with E-state index in [9.17, 15) is 4.79 Å². The summed E-state index contributed by atoms with van der Waals surface area (Å²) >= 11 is 6.15. The van der Waals surface area contributed by atoms with Crippen molar-refractivity contribution in [3.05, 3.63) is 59.5 Å². The zero-order valence-corrected chi connectivity index (χ0v) is 15.4. The molecule has 4 rings (SSSR count). The second kappa shape index (κ2) is 7.75. The van der Waals surface area contributed by atoms with Crippen LogP contribution in [0.15, 0.2) is 48.8 Å². The average Bonchev–Trinajstić information content (AvgIpc) is 3.20. The summed E-state index contributed by atoms with van der Waals surface area (Å²) in [7, 11) is 0. The molecule has 1 saturated heterocycles. The van der Waals surface area contributed by atoms with Crippen molar-refractivity contribution in [1.29, 1.82) is 0 Å². The molecule has 2 aromatic heterocycles. The molecule has 3 heterocycles. The van der Waals surface area contributed by atoms with Crippen molar-refractivity contribution in [1.82, 2.24) is 20.0 Å². The third-order valence-corrected chi connectivity index (χ3v) is 4.83. The fourth-order valence-electron chi connectivity index (χ4n) is 3.09. The minimum absolute atomic E-state index is 0.204. The van der Waals surface area contributed by atoms with Crippen molar-refractivity contribution in [3.8, 4) is 5.69 Å². The highest BCUT2D eigenvalue weighted by molar-refractivity contribution is 6.32. The molecule has 0 radical (unpaired) electrons. The fraction of sp³-hybridized carbons (Fsp3) is 0.263. The maximum absolute atomic E-state index is 12.4. The van der Waals surface area contributed by atoms with Gasteiger partial charge in [0.2, 0.25) is 0 Å². The number of rotatable bonds is 4. The minimum Gasteiger partial charge on any atom is -0.357 e. The molecule has 1 fully saturated rings. The average molecular weight is 383 g/mol. The Bertz CT molecular complexity index is 933. The summed E-state index contributed by atoms with van der Waals surface area (Å²) in [5.41, 5.74) is 1.49. The molecule has 3 aromatic rings. The van der Waals surface area contributed by atoms with E-state index in [2.05, 4.69) is 25.5 Å². The van der Waals surface area contributed by atoms with Crippen molar-refractivity contribution in [2.75, 3.05) is 23.3 Å². The Morgan fingerprint density at radius 2 is 1.89 bits per heavy atom. The van der Waals surface area contributed by atoms with Crippen LogP contribution in [0, 0.1) is 0 Å². The van der Waals surface area contributed by atoms with Gasteiger partial charge in [0.1, 0.15) is 5.82 Å². The summed E-state index contributed by atoms with van der Waals surface area (Å²) in [6.07, 6.45) is 6.88. The number of nitrogens with one attached hydrogen (secondary N) is 1. The van der Waals surface area contributed by atoms with E-state index in [1.807, 2.05) is 30.3 Å². The van der Waals surface area contributed by atoms with Crippen LogP contribution < -0.4 is 10.2 Å². The van der Waals surface area contributed by atoms with Crippen LogP contribution in [0.25, 0.3) is 5.69 Å². The summed E-state index contributed by atoms with van der Waals surface area (Å²) in [5, 5.41) is 11.3. The van der Waals surface area contributed by atoms with Gasteiger partial charge >= 0.3 is 0 Å². The normalized spacial score (nSPS) is 14.2. The van der Waals surface area contributed by atoms with Crippen LogP contribution >= 0.6 is 11.6 Å². The zero-order chi connectivity index (χ0) is 18.6. The molecule has 27 heavy (non-hydrogen) atoms. The lowest BCUT2D eigenvalue weighted by Gasteiger charge is -2.27. The summed E-state index contributed by atoms with van der Waals surface area (Å²) in [6, 6.07) is 11.0. The van der Waals surface area contributed by atoms with Crippen molar-refractivity contribution >= 4 is 29.0 Å². The lowest BCUT2D eigenvalue weighted by Crippen LogP contribution is -2.30. The van der Waals surface area contributed by atoms with Crippen molar-refractivity contribution < 1.29 is 4.79 Å². The number of carbonyl (C=O) groups excluding carboxylic acids is 1. The van der Waals surface area contributed by atoms with Gasteiger partial charge in [-0.25, -0.2) is 9.67 Å². The van der Waals surface area contributed by atoms with E-state index in [-0.39, 0.29) is 11.6 Å². The standard InChI is InChI=1S/C19H19ClN6O/c20-15-6-2-3-7-17(15)26-13-16(23-24-26)19(27)22-14-8-9-18(21-12-14)25-10-4-1-5-11-25/h2-3,6-9,12-13H,1,4-5,10-11H2,(H,22,27). The number of hydrogen-bond donors (Lipinski definition) is 1. The molecule has 0 aliphatic carbocycles. The molecular weight excluding hydrogens is 364 g/mol. The Morgan fingerprint density at radius 1 is 1.07 bits per heavy atom. The van der Waals surface area contributed by atoms with E-state index in [1.54, 1.807) is 18.5 Å². The number of para-hydroxylation sites is 1. The molecule has 1 amide bonds. The minimum atomic E-state index is -0.346. The van der Waals surface area contributed by atoms with Gasteiger partial charge in [-0.05, 0) is 43.5 Å². The Hall–Kier alpha value is -2.93. The predicted molar refractivity (Wildman–Crippen MR) is 105 cm³/mol. The van der Waals surface area contributed by atoms with Gasteiger partial charge in [0, 0.05) is 13.1 Å². The summed E-state index contributed by atoms with van der Waals surface area (Å²) in [6.45, 7) is 2.06. The molecule has 1 aliphatic heterocycles. The first-order valence-electron chi connectivity index (χ1n) is 8.90. The van der Waals surface area contributed by atoms with Crippen LogP contribution in [0.1, 0.15) is 29.8 Å². The highest BCUT2D eigenvalue weighted by Gasteiger charge is 2.15. The molecule has 0 bridgehead atoms. The number of piperidine rings is 1. The largest absolute Gasteiger partial charge is 0.357 e. The first-order valence-corrected chi connectivity index (χ1v) is 9.28. The summed E-state index contributed by atoms with van der Waals surface area (Å²) in [5.74, 6) is 0.596. The van der Waals surface area contributed by atoms with Crippen LogP contribution in [0.3, 0.4) is 0 Å². The van der Waals surface area contributed by atoms with Gasteiger partial charge in [0.25, 0.3) is 5.91 Å². The highest BCUT2D eigenvalue weighted by Crippen LogP contribution is 2.20. The van der Waals surface area contributed by atoms with Gasteiger partial charge < -0.3 is 10.2 Å². The molecule has 0 atom stereocenters. The quantitative estimate of drug-likeness (QED) is 0.746. The molecule has 0 spiro atoms. The highest BCUT2D eigenvalue weighted by atomic mass is 35.5. The maximum atomic E-state index is 12.4. The molecule has 8 heteroatoms. The van der Waals surface area contributed by atoms with Crippen LogP contribution in [0.2, 0.25) is 5.02 Å². The SMILES string of the molecule is O=C(Nc1ccc(N2CCCCC2)nc1)c1cn(-c2ccccc2Cl)nn1. The third-order valence-electron chi connectivity index (χ3n) is 4.51. The van der Waals surface area contributed by atoms with E-state index in [4.69, 9.17) is 11.6 Å². The molecule has 1 N–H and O–H groups in total. The number of benzene rings is 1. The van der Waals surface area contributed by atoms with E-state index >= 15 is 0 Å². The number of anilines is 2. The van der Waals surface area contributed by atoms with E-state index in [0.717, 1.165) is 18.9 Å². The number of carbonyl (C=O) groups is 1. The van der Waals surface area contributed by atoms with E-state index < -0.39 is 0 Å². The van der Waals surface area contributed by atoms with Crippen LogP contribution in [0.4, 0.5) is 11.5 Å². The van der Waals surface area contributed by atoms with Gasteiger partial charge in [-0.1, -0.05) is 28.9 Å². The molecular formula is C19H19ClN6O. The fourth-order valence-corrected chi connectivity index (χ4v) is 3.31. The first-order chi connectivity index (χ1) is 13.2. The smallest absolute Gasteiger partial charge is 0.277 e. The van der Waals surface area contributed by atoms with Gasteiger partial charge in [0.05, 0.1) is 28.8 Å². The van der Waals surface area contributed by atoms with Crippen LogP contribution in [-0.2, 0) is 0 Å². The second-order valence-electron chi connectivity index (χ2n) is 6.41. The van der Waals surface area contributed by atoms with Crippen LogP contribution in [-0.4, -0.2) is 39.0 Å². The summed E-state index contributed by atoms with van der Waals surface area (Å²) in [4.78, 5) is 19.2. The number of hydrogen-bond acceptors (Lipinski definition) is 5. The lowest BCUT2D eigenvalue weighted by atomic mass is 10.1. The van der Waals surface area contributed by atoms with Crippen LogP contribution in [0.5, 0.6) is 0 Å². The number of nitrogens with zero attached hydrogens (tertiary/aromatic N) is 5. The molecule has 138 valence electrons. The Balaban J connectivity index is 1.44. The van der Waals surface area contributed by atoms with Crippen molar-refractivity contribution in [3.63, 3.8) is 0 Å². The number of aromatic nitrogens is 4. The molecule has 1 aromatic carbocycles. The number of pyridine rings is 1. The Labute approximate surface area is 162 Å². The van der Waals surface area contributed by atoms with Crippen molar-refractivity contribution in [2.45, 2.75) is 19.3 Å². The predicted octanol–water partition coefficient (Wildman–Crippen LogP) is 3.56. The lowest BCUT2D eigenvalue weighted by molar-refractivity contribution is 0.102. The van der Waals surface area contributed by atoms with Gasteiger partial charge in [-0.15, -0.1) is 5.10 Å². The molecule has 1 aliphatic rings. The number of amides is 1. The Kier molecular flexibility index (Phi) is 5.02. The maximum Gasteiger partial charge on any atom is 0.277 e. The van der Waals surface area contributed by atoms with Gasteiger partial charge in [-0.2, -0.15) is 0 Å². The molecule has 0 saturated carbocycles. The zero-order valence-electron chi connectivity index (χ0n) is 14.7.